The van der Waals surface area contributed by atoms with E-state index < -0.39 is 0 Å². The van der Waals surface area contributed by atoms with E-state index in [1.807, 2.05) is 19.2 Å². The predicted octanol–water partition coefficient (Wildman–Crippen LogP) is 3.06. The van der Waals surface area contributed by atoms with Crippen LogP contribution in [0.2, 0.25) is 0 Å². The van der Waals surface area contributed by atoms with Gasteiger partial charge in [-0.3, -0.25) is 4.68 Å². The first-order chi connectivity index (χ1) is 9.72. The van der Waals surface area contributed by atoms with Gasteiger partial charge in [0.2, 0.25) is 0 Å². The summed E-state index contributed by atoms with van der Waals surface area (Å²) in [6.07, 6.45) is 3.83. The Labute approximate surface area is 120 Å². The average Bonchev–Trinajstić information content (AvgIpc) is 2.86. The molecule has 1 aromatic carbocycles. The lowest BCUT2D eigenvalue weighted by atomic mass is 10.0. The zero-order valence-electron chi connectivity index (χ0n) is 12.3. The molecule has 5 heteroatoms. The molecule has 0 saturated carbocycles. The SMILES string of the molecule is CCCNC(CC)c1ccc(Oc2ncn(C)n2)cc1. The zero-order valence-corrected chi connectivity index (χ0v) is 12.3. The quantitative estimate of drug-likeness (QED) is 0.843. The van der Waals surface area contributed by atoms with Crippen molar-refractivity contribution in [3.63, 3.8) is 0 Å². The maximum atomic E-state index is 5.59. The van der Waals surface area contributed by atoms with E-state index in [1.165, 1.54) is 5.56 Å². The second kappa shape index (κ2) is 7.05. The first-order valence-corrected chi connectivity index (χ1v) is 7.09. The molecule has 0 spiro atoms. The fraction of sp³-hybridized carbons (Fsp3) is 0.467. The van der Waals surface area contributed by atoms with Crippen molar-refractivity contribution in [2.75, 3.05) is 6.54 Å². The van der Waals surface area contributed by atoms with E-state index in [9.17, 15) is 0 Å². The van der Waals surface area contributed by atoms with Crippen molar-refractivity contribution >= 4 is 0 Å². The van der Waals surface area contributed by atoms with E-state index in [4.69, 9.17) is 4.74 Å². The zero-order chi connectivity index (χ0) is 14.4. The Bertz CT molecular complexity index is 521. The van der Waals surface area contributed by atoms with E-state index in [1.54, 1.807) is 11.0 Å². The number of rotatable bonds is 7. The maximum Gasteiger partial charge on any atom is 0.340 e. The Kier molecular flexibility index (Phi) is 5.12. The molecule has 1 atom stereocenters. The Morgan fingerprint density at radius 1 is 1.25 bits per heavy atom. The third kappa shape index (κ3) is 3.81. The van der Waals surface area contributed by atoms with Crippen LogP contribution in [0.3, 0.4) is 0 Å². The number of aromatic nitrogens is 3. The normalized spacial score (nSPS) is 12.3. The van der Waals surface area contributed by atoms with Gasteiger partial charge in [-0.25, -0.2) is 0 Å². The maximum absolute atomic E-state index is 5.59. The molecular weight excluding hydrogens is 252 g/mol. The second-order valence-electron chi connectivity index (χ2n) is 4.79. The average molecular weight is 274 g/mol. The summed E-state index contributed by atoms with van der Waals surface area (Å²) >= 11 is 0. The molecule has 0 bridgehead atoms. The van der Waals surface area contributed by atoms with E-state index in [0.717, 1.165) is 25.1 Å². The number of hydrogen-bond acceptors (Lipinski definition) is 4. The highest BCUT2D eigenvalue weighted by Gasteiger charge is 2.08. The van der Waals surface area contributed by atoms with Crippen LogP contribution in [0.5, 0.6) is 11.8 Å². The number of nitrogens with one attached hydrogen (secondary N) is 1. The molecule has 1 heterocycles. The van der Waals surface area contributed by atoms with Crippen molar-refractivity contribution in [3.8, 4) is 11.8 Å². The highest BCUT2D eigenvalue weighted by Crippen LogP contribution is 2.22. The third-order valence-corrected chi connectivity index (χ3v) is 3.12. The summed E-state index contributed by atoms with van der Waals surface area (Å²) in [5.74, 6) is 0.755. The molecule has 2 rings (SSSR count). The Morgan fingerprint density at radius 2 is 2.00 bits per heavy atom. The Balaban J connectivity index is 2.01. The molecule has 1 unspecified atom stereocenters. The van der Waals surface area contributed by atoms with E-state index in [2.05, 4.69) is 41.4 Å². The van der Waals surface area contributed by atoms with Crippen LogP contribution in [0.4, 0.5) is 0 Å². The molecule has 20 heavy (non-hydrogen) atoms. The third-order valence-electron chi connectivity index (χ3n) is 3.12. The van der Waals surface area contributed by atoms with Gasteiger partial charge in [0.05, 0.1) is 0 Å². The van der Waals surface area contributed by atoms with Crippen LogP contribution >= 0.6 is 0 Å². The van der Waals surface area contributed by atoms with Crippen molar-refractivity contribution in [1.29, 1.82) is 0 Å². The van der Waals surface area contributed by atoms with Gasteiger partial charge in [-0.2, -0.15) is 4.98 Å². The first-order valence-electron chi connectivity index (χ1n) is 7.09. The standard InChI is InChI=1S/C15H22N4O/c1-4-10-16-14(5-2)12-6-8-13(9-7-12)20-15-17-11-19(3)18-15/h6-9,11,14,16H,4-5,10H2,1-3H3. The van der Waals surface area contributed by atoms with E-state index in [0.29, 0.717) is 12.1 Å². The largest absolute Gasteiger partial charge is 0.423 e. The smallest absolute Gasteiger partial charge is 0.340 e. The van der Waals surface area contributed by atoms with Crippen molar-refractivity contribution in [2.24, 2.45) is 7.05 Å². The Hall–Kier alpha value is -1.88. The van der Waals surface area contributed by atoms with Crippen molar-refractivity contribution in [1.82, 2.24) is 20.1 Å². The van der Waals surface area contributed by atoms with Crippen LogP contribution < -0.4 is 10.1 Å². The summed E-state index contributed by atoms with van der Waals surface area (Å²) in [5, 5.41) is 7.63. The molecule has 0 aliphatic rings. The fourth-order valence-electron chi connectivity index (χ4n) is 2.06. The summed E-state index contributed by atoms with van der Waals surface area (Å²) in [5.41, 5.74) is 1.28. The number of hydrogen-bond donors (Lipinski definition) is 1. The lowest BCUT2D eigenvalue weighted by Gasteiger charge is -2.17. The minimum atomic E-state index is 0.372. The van der Waals surface area contributed by atoms with Crippen molar-refractivity contribution in [2.45, 2.75) is 32.7 Å². The summed E-state index contributed by atoms with van der Waals surface area (Å²) in [7, 11) is 1.81. The molecule has 5 nitrogen and oxygen atoms in total. The number of nitrogens with zero attached hydrogens (tertiary/aromatic N) is 3. The van der Waals surface area contributed by atoms with Gasteiger partial charge in [-0.1, -0.05) is 26.0 Å². The summed E-state index contributed by atoms with van der Waals surface area (Å²) in [4.78, 5) is 4.04. The van der Waals surface area contributed by atoms with Gasteiger partial charge in [0.15, 0.2) is 0 Å². The minimum Gasteiger partial charge on any atom is -0.423 e. The highest BCUT2D eigenvalue weighted by molar-refractivity contribution is 5.30. The van der Waals surface area contributed by atoms with Gasteiger partial charge in [-0.05, 0) is 37.1 Å². The van der Waals surface area contributed by atoms with E-state index >= 15 is 0 Å². The predicted molar refractivity (Wildman–Crippen MR) is 78.8 cm³/mol. The van der Waals surface area contributed by atoms with Gasteiger partial charge >= 0.3 is 6.01 Å². The first kappa shape index (κ1) is 14.5. The molecule has 1 aromatic heterocycles. The molecule has 0 fully saturated rings. The summed E-state index contributed by atoms with van der Waals surface area (Å²) < 4.78 is 7.20. The fourth-order valence-corrected chi connectivity index (χ4v) is 2.06. The van der Waals surface area contributed by atoms with Gasteiger partial charge in [0.1, 0.15) is 12.1 Å². The lowest BCUT2D eigenvalue weighted by Crippen LogP contribution is -2.21. The molecule has 0 aliphatic carbocycles. The molecule has 108 valence electrons. The summed E-state index contributed by atoms with van der Waals surface area (Å²) in [6, 6.07) is 8.88. The summed E-state index contributed by atoms with van der Waals surface area (Å²) in [6.45, 7) is 5.40. The van der Waals surface area contributed by atoms with Crippen LogP contribution in [-0.2, 0) is 7.05 Å². The number of benzene rings is 1. The number of aryl methyl sites for hydroxylation is 1. The molecule has 0 amide bonds. The van der Waals surface area contributed by atoms with Crippen LogP contribution in [-0.4, -0.2) is 21.3 Å². The molecule has 0 aliphatic heterocycles. The molecule has 2 aromatic rings. The van der Waals surface area contributed by atoms with Gasteiger partial charge in [-0.15, -0.1) is 5.10 Å². The van der Waals surface area contributed by atoms with Crippen LogP contribution in [0.1, 0.15) is 38.3 Å². The Morgan fingerprint density at radius 3 is 2.55 bits per heavy atom. The van der Waals surface area contributed by atoms with E-state index in [-0.39, 0.29) is 0 Å². The molecule has 0 saturated heterocycles. The lowest BCUT2D eigenvalue weighted by molar-refractivity contribution is 0.438. The van der Waals surface area contributed by atoms with Crippen molar-refractivity contribution < 1.29 is 4.74 Å². The van der Waals surface area contributed by atoms with Gasteiger partial charge < -0.3 is 10.1 Å². The molecule has 0 radical (unpaired) electrons. The second-order valence-corrected chi connectivity index (χ2v) is 4.79. The molecular formula is C15H22N4O. The monoisotopic (exact) mass is 274 g/mol. The van der Waals surface area contributed by atoms with Crippen LogP contribution in [0, 0.1) is 0 Å². The van der Waals surface area contributed by atoms with Gasteiger partial charge in [0.25, 0.3) is 0 Å². The topological polar surface area (TPSA) is 52.0 Å². The van der Waals surface area contributed by atoms with Crippen LogP contribution in [0.25, 0.3) is 0 Å². The highest BCUT2D eigenvalue weighted by atomic mass is 16.5. The minimum absolute atomic E-state index is 0.372. The van der Waals surface area contributed by atoms with Crippen molar-refractivity contribution in [3.05, 3.63) is 36.2 Å². The molecule has 1 N–H and O–H groups in total. The van der Waals surface area contributed by atoms with Gasteiger partial charge in [0, 0.05) is 13.1 Å². The number of ether oxygens (including phenoxy) is 1. The van der Waals surface area contributed by atoms with Crippen LogP contribution in [0.15, 0.2) is 30.6 Å².